The molecule has 1 aromatic rings. The second kappa shape index (κ2) is 10.3. The SMILES string of the molecule is Cl.N=Cc1c(NCCN2CCCCCC2)ncnc1NC(=O)NC1CC1. The summed E-state index contributed by atoms with van der Waals surface area (Å²) in [7, 11) is 0. The van der Waals surface area contributed by atoms with Gasteiger partial charge in [0.25, 0.3) is 0 Å². The normalized spacial score (nSPS) is 17.5. The van der Waals surface area contributed by atoms with Gasteiger partial charge >= 0.3 is 6.03 Å². The number of halogens is 1. The largest absolute Gasteiger partial charge is 0.368 e. The molecule has 2 amide bonds. The third-order valence-corrected chi connectivity index (χ3v) is 4.59. The maximum atomic E-state index is 11.9. The van der Waals surface area contributed by atoms with Crippen LogP contribution in [0.2, 0.25) is 0 Å². The highest BCUT2D eigenvalue weighted by molar-refractivity contribution is 5.97. The second-order valence-corrected chi connectivity index (χ2v) is 6.68. The van der Waals surface area contributed by atoms with E-state index in [1.165, 1.54) is 38.2 Å². The molecule has 0 aromatic carbocycles. The number of carbonyl (C=O) groups excluding carboxylic acids is 1. The fourth-order valence-electron chi connectivity index (χ4n) is 3.02. The average Bonchev–Trinajstić information content (AvgIpc) is 3.43. The molecule has 0 spiro atoms. The van der Waals surface area contributed by atoms with Crippen LogP contribution < -0.4 is 16.0 Å². The molecule has 4 N–H and O–H groups in total. The first kappa shape index (κ1) is 20.4. The summed E-state index contributed by atoms with van der Waals surface area (Å²) < 4.78 is 0. The van der Waals surface area contributed by atoms with Crippen molar-refractivity contribution in [2.24, 2.45) is 0 Å². The van der Waals surface area contributed by atoms with Crippen molar-refractivity contribution in [3.05, 3.63) is 11.9 Å². The van der Waals surface area contributed by atoms with Gasteiger partial charge in [-0.05, 0) is 38.8 Å². The molecule has 144 valence electrons. The number of likely N-dealkylation sites (tertiary alicyclic amines) is 1. The first-order chi connectivity index (χ1) is 12.3. The summed E-state index contributed by atoms with van der Waals surface area (Å²) in [5.74, 6) is 0.946. The second-order valence-electron chi connectivity index (χ2n) is 6.68. The van der Waals surface area contributed by atoms with Crippen LogP contribution in [0, 0.1) is 5.41 Å². The van der Waals surface area contributed by atoms with E-state index in [1.807, 2.05) is 0 Å². The van der Waals surface area contributed by atoms with Gasteiger partial charge in [0.1, 0.15) is 18.0 Å². The number of hydrogen-bond donors (Lipinski definition) is 4. The predicted octanol–water partition coefficient (Wildman–Crippen LogP) is 2.47. The lowest BCUT2D eigenvalue weighted by atomic mass is 10.2. The van der Waals surface area contributed by atoms with Crippen molar-refractivity contribution < 1.29 is 4.79 Å². The minimum Gasteiger partial charge on any atom is -0.368 e. The standard InChI is InChI=1S/C17H27N7O.ClH/c18-11-14-15(19-7-10-24-8-3-1-2-4-9-24)20-12-21-16(14)23-17(25)22-13-5-6-13;/h11-13,18H,1-10H2,(H3,19,20,21,22,23,25);1H. The van der Waals surface area contributed by atoms with E-state index in [1.54, 1.807) is 0 Å². The Balaban J connectivity index is 0.00000243. The van der Waals surface area contributed by atoms with Crippen LogP contribution in [-0.2, 0) is 0 Å². The lowest BCUT2D eigenvalue weighted by Crippen LogP contribution is -2.32. The smallest absolute Gasteiger partial charge is 0.320 e. The molecule has 2 aliphatic rings. The number of nitrogens with zero attached hydrogens (tertiary/aromatic N) is 3. The topological polar surface area (TPSA) is 106 Å². The zero-order valence-electron chi connectivity index (χ0n) is 15.0. The van der Waals surface area contributed by atoms with Gasteiger partial charge in [0.2, 0.25) is 0 Å². The number of nitrogens with one attached hydrogen (secondary N) is 4. The highest BCUT2D eigenvalue weighted by Crippen LogP contribution is 2.20. The van der Waals surface area contributed by atoms with E-state index in [4.69, 9.17) is 5.41 Å². The third kappa shape index (κ3) is 6.10. The fourth-order valence-corrected chi connectivity index (χ4v) is 3.02. The maximum absolute atomic E-state index is 11.9. The highest BCUT2D eigenvalue weighted by Gasteiger charge is 2.24. The quantitative estimate of drug-likeness (QED) is 0.543. The molecule has 2 heterocycles. The van der Waals surface area contributed by atoms with E-state index in [2.05, 4.69) is 30.8 Å². The molecule has 3 rings (SSSR count). The van der Waals surface area contributed by atoms with Crippen LogP contribution in [0.25, 0.3) is 0 Å². The Kier molecular flexibility index (Phi) is 8.06. The number of rotatable bonds is 7. The summed E-state index contributed by atoms with van der Waals surface area (Å²) in [6, 6.07) is -0.00342. The Labute approximate surface area is 160 Å². The minimum atomic E-state index is -0.278. The lowest BCUT2D eigenvalue weighted by Gasteiger charge is -2.20. The van der Waals surface area contributed by atoms with E-state index < -0.39 is 0 Å². The third-order valence-electron chi connectivity index (χ3n) is 4.59. The Morgan fingerprint density at radius 3 is 2.54 bits per heavy atom. The van der Waals surface area contributed by atoms with Crippen molar-refractivity contribution in [2.45, 2.75) is 44.6 Å². The molecule has 1 aliphatic carbocycles. The lowest BCUT2D eigenvalue weighted by molar-refractivity contribution is 0.251. The van der Waals surface area contributed by atoms with Gasteiger partial charge in [0.15, 0.2) is 0 Å². The van der Waals surface area contributed by atoms with Gasteiger partial charge in [-0.3, -0.25) is 5.32 Å². The Bertz CT molecular complexity index is 601. The van der Waals surface area contributed by atoms with Gasteiger partial charge in [-0.2, -0.15) is 0 Å². The molecular weight excluding hydrogens is 354 g/mol. The zero-order chi connectivity index (χ0) is 17.5. The van der Waals surface area contributed by atoms with Crippen LogP contribution in [0.4, 0.5) is 16.4 Å². The van der Waals surface area contributed by atoms with Crippen molar-refractivity contribution in [1.82, 2.24) is 20.2 Å². The number of anilines is 2. The first-order valence-electron chi connectivity index (χ1n) is 9.15. The number of urea groups is 1. The van der Waals surface area contributed by atoms with Gasteiger partial charge in [0, 0.05) is 25.3 Å². The van der Waals surface area contributed by atoms with Crippen molar-refractivity contribution in [3.8, 4) is 0 Å². The molecule has 1 saturated carbocycles. The fraction of sp³-hybridized carbons (Fsp3) is 0.647. The summed E-state index contributed by atoms with van der Waals surface area (Å²) in [5, 5.41) is 16.5. The molecule has 9 heteroatoms. The molecule has 1 aliphatic heterocycles. The van der Waals surface area contributed by atoms with Crippen molar-refractivity contribution >= 4 is 36.3 Å². The van der Waals surface area contributed by atoms with Crippen LogP contribution in [0.3, 0.4) is 0 Å². The molecule has 1 saturated heterocycles. The van der Waals surface area contributed by atoms with Crippen LogP contribution in [0.1, 0.15) is 44.1 Å². The van der Waals surface area contributed by atoms with E-state index in [0.29, 0.717) is 17.2 Å². The van der Waals surface area contributed by atoms with Crippen LogP contribution in [-0.4, -0.2) is 59.3 Å². The van der Waals surface area contributed by atoms with E-state index >= 15 is 0 Å². The van der Waals surface area contributed by atoms with Gasteiger partial charge in [-0.25, -0.2) is 14.8 Å². The summed E-state index contributed by atoms with van der Waals surface area (Å²) in [5.41, 5.74) is 0.504. The molecule has 2 fully saturated rings. The summed E-state index contributed by atoms with van der Waals surface area (Å²) >= 11 is 0. The monoisotopic (exact) mass is 381 g/mol. The number of amides is 2. The minimum absolute atomic E-state index is 0. The number of carbonyl (C=O) groups is 1. The molecule has 26 heavy (non-hydrogen) atoms. The predicted molar refractivity (Wildman–Crippen MR) is 106 cm³/mol. The Morgan fingerprint density at radius 1 is 1.19 bits per heavy atom. The molecular formula is C17H28ClN7O. The summed E-state index contributed by atoms with van der Waals surface area (Å²) in [6.07, 6.45) is 9.83. The highest BCUT2D eigenvalue weighted by atomic mass is 35.5. The number of hydrogen-bond acceptors (Lipinski definition) is 6. The van der Waals surface area contributed by atoms with E-state index in [9.17, 15) is 4.79 Å². The van der Waals surface area contributed by atoms with Crippen LogP contribution in [0.5, 0.6) is 0 Å². The Morgan fingerprint density at radius 2 is 1.88 bits per heavy atom. The molecule has 0 bridgehead atoms. The first-order valence-corrected chi connectivity index (χ1v) is 9.15. The molecule has 8 nitrogen and oxygen atoms in total. The summed E-state index contributed by atoms with van der Waals surface area (Å²) in [6.45, 7) is 4.01. The van der Waals surface area contributed by atoms with Crippen molar-refractivity contribution in [1.29, 1.82) is 5.41 Å². The number of aromatic nitrogens is 2. The molecule has 0 radical (unpaired) electrons. The average molecular weight is 382 g/mol. The van der Waals surface area contributed by atoms with Crippen molar-refractivity contribution in [2.75, 3.05) is 36.8 Å². The van der Waals surface area contributed by atoms with Crippen LogP contribution >= 0.6 is 12.4 Å². The van der Waals surface area contributed by atoms with Gasteiger partial charge in [0.05, 0.1) is 5.56 Å². The van der Waals surface area contributed by atoms with Gasteiger partial charge in [-0.1, -0.05) is 12.8 Å². The van der Waals surface area contributed by atoms with Gasteiger partial charge in [-0.15, -0.1) is 12.4 Å². The molecule has 0 atom stereocenters. The van der Waals surface area contributed by atoms with E-state index in [0.717, 1.165) is 39.0 Å². The maximum Gasteiger partial charge on any atom is 0.320 e. The van der Waals surface area contributed by atoms with Gasteiger partial charge < -0.3 is 20.9 Å². The van der Waals surface area contributed by atoms with Crippen molar-refractivity contribution in [3.63, 3.8) is 0 Å². The Hall–Kier alpha value is -1.93. The van der Waals surface area contributed by atoms with E-state index in [-0.39, 0.29) is 24.5 Å². The zero-order valence-corrected chi connectivity index (χ0v) is 15.8. The molecule has 0 unspecified atom stereocenters. The summed E-state index contributed by atoms with van der Waals surface area (Å²) in [4.78, 5) is 22.7. The van der Waals surface area contributed by atoms with Crippen LogP contribution in [0.15, 0.2) is 6.33 Å². The molecule has 1 aromatic heterocycles.